The van der Waals surface area contributed by atoms with E-state index < -0.39 is 21.8 Å². The van der Waals surface area contributed by atoms with Crippen LogP contribution in [0.1, 0.15) is 0 Å². The smallest absolute Gasteiger partial charge is 0.283 e. The van der Waals surface area contributed by atoms with E-state index in [4.69, 9.17) is 4.55 Å². The van der Waals surface area contributed by atoms with Crippen molar-refractivity contribution in [3.8, 4) is 0 Å². The van der Waals surface area contributed by atoms with E-state index in [1.54, 1.807) is 0 Å². The van der Waals surface area contributed by atoms with Crippen LogP contribution in [0.2, 0.25) is 0 Å². The fourth-order valence-electron chi connectivity index (χ4n) is 0.169. The van der Waals surface area contributed by atoms with Crippen molar-refractivity contribution in [2.45, 2.75) is 11.7 Å². The minimum Gasteiger partial charge on any atom is -0.283 e. The average Bonchev–Trinajstić information content (AvgIpc) is 1.59. The molecule has 0 fully saturated rings. The molecule has 0 heterocycles. The first kappa shape index (κ1) is 14.5. The summed E-state index contributed by atoms with van der Waals surface area (Å²) in [4.78, 5) is 0. The van der Waals surface area contributed by atoms with Gasteiger partial charge in [-0.15, -0.1) is 0 Å². The first-order valence-electron chi connectivity index (χ1n) is 1.83. The molecule has 1 unspecified atom stereocenters. The summed E-state index contributed by atoms with van der Waals surface area (Å²) in [6.07, 6.45) is -5.56. The van der Waals surface area contributed by atoms with Crippen LogP contribution in [0.5, 0.6) is 0 Å². The molecule has 0 saturated heterocycles. The van der Waals surface area contributed by atoms with Crippen molar-refractivity contribution in [2.24, 2.45) is 0 Å². The van der Waals surface area contributed by atoms with Gasteiger partial charge in [-0.3, -0.25) is 4.55 Å². The second-order valence-corrected chi connectivity index (χ2v) is 2.82. The van der Waals surface area contributed by atoms with Gasteiger partial charge in [0.05, 0.1) is 0 Å². The third kappa shape index (κ3) is 5.28. The summed E-state index contributed by atoms with van der Waals surface area (Å²) < 4.78 is 70.9. The van der Waals surface area contributed by atoms with Gasteiger partial charge in [-0.25, -0.2) is 4.39 Å². The van der Waals surface area contributed by atoms with Crippen LogP contribution in [0.3, 0.4) is 0 Å². The van der Waals surface area contributed by atoms with Gasteiger partial charge in [0.25, 0.3) is 0 Å². The Morgan fingerprint density at radius 2 is 1.55 bits per heavy atom. The molecule has 0 aliphatic carbocycles. The van der Waals surface area contributed by atoms with Crippen molar-refractivity contribution < 1.29 is 72.3 Å². The van der Waals surface area contributed by atoms with Crippen molar-refractivity contribution >= 4 is 10.1 Å². The maximum atomic E-state index is 11.5. The molecule has 9 heteroatoms. The summed E-state index contributed by atoms with van der Waals surface area (Å²) in [6, 6.07) is 0. The summed E-state index contributed by atoms with van der Waals surface area (Å²) in [5.74, 6) is 0. The summed E-state index contributed by atoms with van der Waals surface area (Å²) in [7, 11) is -5.65. The van der Waals surface area contributed by atoms with Crippen LogP contribution < -0.4 is 0 Å². The Hall–Kier alpha value is 1.01. The third-order valence-electron chi connectivity index (χ3n) is 0.519. The van der Waals surface area contributed by atoms with Gasteiger partial charge < -0.3 is 0 Å². The number of halogens is 4. The van der Waals surface area contributed by atoms with Crippen molar-refractivity contribution in [2.75, 3.05) is 0 Å². The van der Waals surface area contributed by atoms with E-state index in [1.807, 2.05) is 0 Å². The zero-order chi connectivity index (χ0) is 8.58. The van der Waals surface area contributed by atoms with Crippen LogP contribution in [0, 0.1) is 41.7 Å². The Bertz CT molecular complexity index is 208. The largest absolute Gasteiger partial charge is 0.436 e. The van der Waals surface area contributed by atoms with Gasteiger partial charge in [0.15, 0.2) is 0 Å². The van der Waals surface area contributed by atoms with E-state index in [9.17, 15) is 26.0 Å². The predicted molar refractivity (Wildman–Crippen MR) is 22.5 cm³/mol. The average molecular weight is 322 g/mol. The Labute approximate surface area is 93.3 Å². The first-order chi connectivity index (χ1) is 4.15. The van der Waals surface area contributed by atoms with Crippen molar-refractivity contribution in [1.29, 1.82) is 0 Å². The van der Waals surface area contributed by atoms with Gasteiger partial charge in [-0.1, -0.05) is 0 Å². The fraction of sp³-hybridized carbons (Fsp3) is 1.00. The molecule has 0 aliphatic heterocycles. The number of hydrogen-bond donors (Lipinski definition) is 1. The maximum absolute atomic E-state index is 11.5. The van der Waals surface area contributed by atoms with Gasteiger partial charge in [-0.05, 0) is 0 Å². The van der Waals surface area contributed by atoms with E-state index in [1.165, 1.54) is 0 Å². The van der Waals surface area contributed by atoms with Crippen LogP contribution in [0.4, 0.5) is 17.6 Å². The molecule has 0 radical (unpaired) electrons. The van der Waals surface area contributed by atoms with Gasteiger partial charge in [-0.2, -0.15) is 21.6 Å². The Balaban J connectivity index is 0. The molecular formula is C2H2CeF4O3S. The first-order valence-corrected chi connectivity index (χ1v) is 3.33. The molecule has 0 aromatic carbocycles. The van der Waals surface area contributed by atoms with Crippen LogP contribution in [-0.4, -0.2) is 24.7 Å². The second kappa shape index (κ2) is 4.30. The summed E-state index contributed by atoms with van der Waals surface area (Å²) in [6.45, 7) is 0. The van der Waals surface area contributed by atoms with Gasteiger partial charge >= 0.3 is 21.8 Å². The SMILES string of the molecule is O=S(=O)(O)C(F)C(F)(F)F.[Ce]. The molecule has 0 aromatic heterocycles. The molecule has 1 atom stereocenters. The molecular weight excluding hydrogens is 320 g/mol. The zero-order valence-electron chi connectivity index (χ0n) is 4.76. The van der Waals surface area contributed by atoms with Crippen LogP contribution in [-0.2, 0) is 10.1 Å². The molecule has 0 amide bonds. The Morgan fingerprint density at radius 3 is 1.55 bits per heavy atom. The van der Waals surface area contributed by atoms with Gasteiger partial charge in [0, 0.05) is 41.7 Å². The zero-order valence-corrected chi connectivity index (χ0v) is 8.72. The van der Waals surface area contributed by atoms with E-state index in [2.05, 4.69) is 0 Å². The summed E-state index contributed by atoms with van der Waals surface area (Å²) in [5, 5.41) is 0. The fourth-order valence-corrected chi connectivity index (χ4v) is 0.507. The summed E-state index contributed by atoms with van der Waals surface area (Å²) in [5.41, 5.74) is -4.21. The van der Waals surface area contributed by atoms with Crippen molar-refractivity contribution in [3.63, 3.8) is 0 Å². The van der Waals surface area contributed by atoms with E-state index in [0.717, 1.165) is 0 Å². The normalized spacial score (nSPS) is 15.4. The van der Waals surface area contributed by atoms with Gasteiger partial charge in [0.1, 0.15) is 0 Å². The predicted octanol–water partition coefficient (Wildman–Crippen LogP) is 0.732. The number of rotatable bonds is 1. The van der Waals surface area contributed by atoms with E-state index in [-0.39, 0.29) is 41.7 Å². The molecule has 0 rings (SSSR count). The van der Waals surface area contributed by atoms with Crippen LogP contribution in [0.25, 0.3) is 0 Å². The molecule has 3 nitrogen and oxygen atoms in total. The van der Waals surface area contributed by atoms with Crippen LogP contribution >= 0.6 is 0 Å². The quantitative estimate of drug-likeness (QED) is 0.572. The third-order valence-corrected chi connectivity index (χ3v) is 1.31. The number of hydrogen-bond acceptors (Lipinski definition) is 2. The second-order valence-electron chi connectivity index (χ2n) is 1.37. The summed E-state index contributed by atoms with van der Waals surface area (Å²) >= 11 is 0. The Morgan fingerprint density at radius 1 is 1.27 bits per heavy atom. The molecule has 66 valence electrons. The standard InChI is InChI=1S/C2H2F4O3S.Ce/c3-1(2(4,5)6)10(7,8)9;/h1H,(H,7,8,9);. The Kier molecular flexibility index (Phi) is 5.68. The monoisotopic (exact) mass is 322 g/mol. The molecule has 0 aliphatic rings. The van der Waals surface area contributed by atoms with Crippen molar-refractivity contribution in [1.82, 2.24) is 0 Å². The van der Waals surface area contributed by atoms with Crippen molar-refractivity contribution in [3.05, 3.63) is 0 Å². The van der Waals surface area contributed by atoms with E-state index in [0.29, 0.717) is 0 Å². The molecule has 1 N–H and O–H groups in total. The molecule has 11 heavy (non-hydrogen) atoms. The molecule has 0 saturated carbocycles. The molecule has 0 bridgehead atoms. The topological polar surface area (TPSA) is 54.4 Å². The number of alkyl halides is 4. The van der Waals surface area contributed by atoms with E-state index >= 15 is 0 Å². The minimum absolute atomic E-state index is 0. The minimum atomic E-state index is -5.65. The molecule has 0 aromatic rings. The van der Waals surface area contributed by atoms with Crippen LogP contribution in [0.15, 0.2) is 0 Å². The maximum Gasteiger partial charge on any atom is 0.436 e. The van der Waals surface area contributed by atoms with Gasteiger partial charge in [0.2, 0.25) is 0 Å². The molecule has 0 spiro atoms.